The van der Waals surface area contributed by atoms with Crippen molar-refractivity contribution >= 4 is 34.4 Å². The number of hydrogen-bond acceptors (Lipinski definition) is 3. The molecule has 0 fully saturated rings. The van der Waals surface area contributed by atoms with Gasteiger partial charge in [0.2, 0.25) is 4.77 Å². The summed E-state index contributed by atoms with van der Waals surface area (Å²) >= 11 is 8.75. The lowest BCUT2D eigenvalue weighted by Gasteiger charge is -2.18. The molecule has 6 heteroatoms. The van der Waals surface area contributed by atoms with Crippen LogP contribution >= 0.6 is 28.1 Å². The van der Waals surface area contributed by atoms with Crippen LogP contribution in [0.3, 0.4) is 0 Å². The van der Waals surface area contributed by atoms with Crippen LogP contribution in [-0.4, -0.2) is 21.1 Å². The summed E-state index contributed by atoms with van der Waals surface area (Å²) in [5.74, 6) is 0.693. The van der Waals surface area contributed by atoms with Crippen molar-refractivity contribution in [3.8, 4) is 11.4 Å². The first-order valence-electron chi connectivity index (χ1n) is 7.93. The fourth-order valence-electron chi connectivity index (χ4n) is 2.38. The van der Waals surface area contributed by atoms with Crippen molar-refractivity contribution in [2.24, 2.45) is 5.10 Å². The average molecular weight is 415 g/mol. The summed E-state index contributed by atoms with van der Waals surface area (Å²) in [6.07, 6.45) is 1.77. The van der Waals surface area contributed by atoms with Gasteiger partial charge in [-0.2, -0.15) is 14.9 Å². The van der Waals surface area contributed by atoms with E-state index in [9.17, 15) is 0 Å². The highest BCUT2D eigenvalue weighted by Gasteiger charge is 2.14. The van der Waals surface area contributed by atoms with Gasteiger partial charge < -0.3 is 0 Å². The summed E-state index contributed by atoms with van der Waals surface area (Å²) in [5, 5.41) is 11.6. The molecule has 0 bridgehead atoms. The minimum atomic E-state index is 0.114. The minimum Gasteiger partial charge on any atom is -0.250 e. The lowest BCUT2D eigenvalue weighted by atomic mass is 9.87. The lowest BCUT2D eigenvalue weighted by molar-refractivity contribution is 0.590. The van der Waals surface area contributed by atoms with E-state index in [0.29, 0.717) is 10.6 Å². The van der Waals surface area contributed by atoms with Crippen LogP contribution in [-0.2, 0) is 5.41 Å². The summed E-state index contributed by atoms with van der Waals surface area (Å²) < 4.78 is 3.14. The molecule has 1 heterocycles. The number of H-pyrrole nitrogens is 1. The zero-order valence-corrected chi connectivity index (χ0v) is 16.7. The molecule has 0 atom stereocenters. The molecular weight excluding hydrogens is 396 g/mol. The Balaban J connectivity index is 1.94. The molecule has 0 spiro atoms. The van der Waals surface area contributed by atoms with Gasteiger partial charge in [0.25, 0.3) is 0 Å². The first-order chi connectivity index (χ1) is 11.8. The Labute approximate surface area is 160 Å². The highest BCUT2D eigenvalue weighted by atomic mass is 79.9. The number of nitrogens with one attached hydrogen (secondary N) is 1. The SMILES string of the molecule is CC(C)(C)c1ccc(-c2n[nH]c(=S)n2/N=C\c2ccc(Br)cc2)cc1. The quantitative estimate of drug-likeness (QED) is 0.450. The van der Waals surface area contributed by atoms with Gasteiger partial charge in [0.15, 0.2) is 5.82 Å². The predicted molar refractivity (Wildman–Crippen MR) is 109 cm³/mol. The molecule has 128 valence electrons. The van der Waals surface area contributed by atoms with Crippen LogP contribution in [0.5, 0.6) is 0 Å². The van der Waals surface area contributed by atoms with Crippen LogP contribution in [0.25, 0.3) is 11.4 Å². The van der Waals surface area contributed by atoms with E-state index in [-0.39, 0.29) is 5.41 Å². The highest BCUT2D eigenvalue weighted by Crippen LogP contribution is 2.25. The number of aromatic amines is 1. The first kappa shape index (κ1) is 17.8. The molecule has 0 aliphatic heterocycles. The largest absolute Gasteiger partial charge is 0.250 e. The van der Waals surface area contributed by atoms with E-state index >= 15 is 0 Å². The zero-order chi connectivity index (χ0) is 18.0. The third-order valence-electron chi connectivity index (χ3n) is 3.85. The van der Waals surface area contributed by atoms with E-state index in [0.717, 1.165) is 15.6 Å². The van der Waals surface area contributed by atoms with Crippen molar-refractivity contribution < 1.29 is 0 Å². The molecule has 1 aromatic heterocycles. The zero-order valence-electron chi connectivity index (χ0n) is 14.3. The Kier molecular flexibility index (Phi) is 5.01. The molecule has 0 aliphatic rings. The van der Waals surface area contributed by atoms with Crippen LogP contribution < -0.4 is 0 Å². The number of benzene rings is 2. The normalized spacial score (nSPS) is 12.0. The highest BCUT2D eigenvalue weighted by molar-refractivity contribution is 9.10. The van der Waals surface area contributed by atoms with Gasteiger partial charge in [-0.05, 0) is 40.9 Å². The number of nitrogens with zero attached hydrogens (tertiary/aromatic N) is 3. The maximum atomic E-state index is 5.32. The summed E-state index contributed by atoms with van der Waals surface area (Å²) in [6, 6.07) is 16.3. The van der Waals surface area contributed by atoms with Gasteiger partial charge in [0.1, 0.15) is 0 Å². The Morgan fingerprint density at radius 1 is 1.08 bits per heavy atom. The van der Waals surface area contributed by atoms with E-state index in [1.54, 1.807) is 10.9 Å². The molecule has 0 saturated carbocycles. The molecular formula is C19H19BrN4S. The summed E-state index contributed by atoms with van der Waals surface area (Å²) in [5.41, 5.74) is 3.34. The van der Waals surface area contributed by atoms with Crippen LogP contribution in [0, 0.1) is 4.77 Å². The first-order valence-corrected chi connectivity index (χ1v) is 9.13. The van der Waals surface area contributed by atoms with Crippen LogP contribution in [0.15, 0.2) is 58.1 Å². The Bertz CT molecular complexity index is 945. The maximum absolute atomic E-state index is 5.32. The van der Waals surface area contributed by atoms with E-state index < -0.39 is 0 Å². The van der Waals surface area contributed by atoms with Gasteiger partial charge in [-0.25, -0.2) is 5.10 Å². The second kappa shape index (κ2) is 7.06. The van der Waals surface area contributed by atoms with Gasteiger partial charge >= 0.3 is 0 Å². The third kappa shape index (κ3) is 4.14. The number of halogens is 1. The van der Waals surface area contributed by atoms with Gasteiger partial charge in [0, 0.05) is 10.0 Å². The van der Waals surface area contributed by atoms with Crippen LogP contribution in [0.4, 0.5) is 0 Å². The molecule has 0 radical (unpaired) electrons. The number of rotatable bonds is 3. The molecule has 0 aliphatic carbocycles. The predicted octanol–water partition coefficient (Wildman–Crippen LogP) is 5.55. The molecule has 0 amide bonds. The molecule has 3 aromatic rings. The van der Waals surface area contributed by atoms with E-state index in [4.69, 9.17) is 12.2 Å². The molecule has 1 N–H and O–H groups in total. The monoisotopic (exact) mass is 414 g/mol. The van der Waals surface area contributed by atoms with Crippen LogP contribution in [0.1, 0.15) is 31.9 Å². The van der Waals surface area contributed by atoms with Crippen molar-refractivity contribution in [2.45, 2.75) is 26.2 Å². The molecule has 0 unspecified atom stereocenters. The van der Waals surface area contributed by atoms with E-state index in [1.165, 1.54) is 5.56 Å². The summed E-state index contributed by atoms with van der Waals surface area (Å²) in [7, 11) is 0. The summed E-state index contributed by atoms with van der Waals surface area (Å²) in [6.45, 7) is 6.59. The van der Waals surface area contributed by atoms with Crippen molar-refractivity contribution in [2.75, 3.05) is 0 Å². The molecule has 2 aromatic carbocycles. The topological polar surface area (TPSA) is 46.0 Å². The second-order valence-corrected chi connectivity index (χ2v) is 8.09. The van der Waals surface area contributed by atoms with Crippen molar-refractivity contribution in [1.29, 1.82) is 0 Å². The smallest absolute Gasteiger partial charge is 0.216 e. The fraction of sp³-hybridized carbons (Fsp3) is 0.211. The van der Waals surface area contributed by atoms with Gasteiger partial charge in [-0.1, -0.05) is 73.1 Å². The van der Waals surface area contributed by atoms with Gasteiger partial charge in [-0.15, -0.1) is 0 Å². The van der Waals surface area contributed by atoms with Crippen molar-refractivity contribution in [1.82, 2.24) is 14.9 Å². The van der Waals surface area contributed by atoms with Crippen molar-refractivity contribution in [3.63, 3.8) is 0 Å². The lowest BCUT2D eigenvalue weighted by Crippen LogP contribution is -2.10. The van der Waals surface area contributed by atoms with E-state index in [1.807, 2.05) is 24.3 Å². The average Bonchev–Trinajstić information content (AvgIpc) is 2.94. The molecule has 4 nitrogen and oxygen atoms in total. The number of aromatic nitrogens is 3. The van der Waals surface area contributed by atoms with Gasteiger partial charge in [0.05, 0.1) is 6.21 Å². The Morgan fingerprint density at radius 3 is 2.32 bits per heavy atom. The standard InChI is InChI=1S/C19H19BrN4S/c1-19(2,3)15-8-6-14(7-9-15)17-22-23-18(25)24(17)21-12-13-4-10-16(20)11-5-13/h4-12H,1-3H3,(H,23,25)/b21-12-. The van der Waals surface area contributed by atoms with Crippen molar-refractivity contribution in [3.05, 3.63) is 68.9 Å². The maximum Gasteiger partial charge on any atom is 0.216 e. The Hall–Kier alpha value is -2.05. The molecule has 3 rings (SSSR count). The second-order valence-electron chi connectivity index (χ2n) is 6.79. The van der Waals surface area contributed by atoms with Crippen LogP contribution in [0.2, 0.25) is 0 Å². The fourth-order valence-corrected chi connectivity index (χ4v) is 2.82. The van der Waals surface area contributed by atoms with E-state index in [2.05, 4.69) is 76.3 Å². The third-order valence-corrected chi connectivity index (χ3v) is 4.64. The minimum absolute atomic E-state index is 0.114. The molecule has 0 saturated heterocycles. The number of hydrogen-bond donors (Lipinski definition) is 1. The molecule has 25 heavy (non-hydrogen) atoms. The summed E-state index contributed by atoms with van der Waals surface area (Å²) in [4.78, 5) is 0. The van der Waals surface area contributed by atoms with Gasteiger partial charge in [-0.3, -0.25) is 0 Å². The Morgan fingerprint density at radius 2 is 1.72 bits per heavy atom.